The summed E-state index contributed by atoms with van der Waals surface area (Å²) in [5, 5.41) is 0. The molecule has 0 amide bonds. The molecule has 4 nitrogen and oxygen atoms in total. The van der Waals surface area contributed by atoms with Crippen molar-refractivity contribution in [3.8, 4) is 0 Å². The average molecular weight is 365 g/mol. The van der Waals surface area contributed by atoms with Gasteiger partial charge in [0.2, 0.25) is 0 Å². The maximum absolute atomic E-state index is 12.9. The minimum atomic E-state index is -0.302. The molecule has 0 radical (unpaired) electrons. The van der Waals surface area contributed by atoms with Gasteiger partial charge in [-0.25, -0.2) is 0 Å². The molecular weight excluding hydrogens is 328 g/mol. The molecule has 3 saturated carbocycles. The Morgan fingerprint density at radius 1 is 0.577 bits per heavy atom. The lowest BCUT2D eigenvalue weighted by molar-refractivity contribution is -0.173. The number of hydrogen-bond acceptors (Lipinski definition) is 4. The first kappa shape index (κ1) is 19.7. The highest BCUT2D eigenvalue weighted by atomic mass is 16.6. The second-order valence-electron chi connectivity index (χ2n) is 8.97. The molecule has 3 rings (SSSR count). The topological polar surface area (TPSA) is 52.6 Å². The van der Waals surface area contributed by atoms with Crippen molar-refractivity contribution in [2.75, 3.05) is 0 Å². The fourth-order valence-electron chi connectivity index (χ4n) is 5.08. The van der Waals surface area contributed by atoms with Gasteiger partial charge in [-0.05, 0) is 63.2 Å². The molecule has 0 aromatic heterocycles. The van der Waals surface area contributed by atoms with Crippen LogP contribution >= 0.6 is 0 Å². The number of carbonyl (C=O) groups excluding carboxylic acids is 2. The Morgan fingerprint density at radius 3 is 1.31 bits per heavy atom. The van der Waals surface area contributed by atoms with E-state index in [1.165, 1.54) is 12.8 Å². The summed E-state index contributed by atoms with van der Waals surface area (Å²) < 4.78 is 11.8. The minimum Gasteiger partial charge on any atom is -0.462 e. The van der Waals surface area contributed by atoms with Crippen molar-refractivity contribution in [3.63, 3.8) is 0 Å². The van der Waals surface area contributed by atoms with Crippen molar-refractivity contribution in [1.29, 1.82) is 0 Å². The fraction of sp³-hybridized carbons (Fsp3) is 0.909. The molecule has 4 heteroatoms. The highest BCUT2D eigenvalue weighted by Crippen LogP contribution is 2.36. The zero-order valence-electron chi connectivity index (χ0n) is 16.6. The molecule has 6 atom stereocenters. The van der Waals surface area contributed by atoms with E-state index in [0.717, 1.165) is 64.2 Å². The van der Waals surface area contributed by atoms with Crippen LogP contribution in [0.5, 0.6) is 0 Å². The van der Waals surface area contributed by atoms with Crippen LogP contribution in [0, 0.1) is 23.7 Å². The Hall–Kier alpha value is -1.06. The lowest BCUT2D eigenvalue weighted by atomic mass is 9.78. The standard InChI is InChI=1S/C22H36O4/c1-15-9-3-7-13-19(15)25-21(23)17-11-5-6-12-18(17)22(24)26-20-14-8-4-10-16(20)2/h15-20H,3-14H2,1-2H3. The monoisotopic (exact) mass is 364 g/mol. The van der Waals surface area contributed by atoms with Gasteiger partial charge in [0.1, 0.15) is 12.2 Å². The van der Waals surface area contributed by atoms with Crippen LogP contribution in [0.1, 0.15) is 90.9 Å². The van der Waals surface area contributed by atoms with Crippen molar-refractivity contribution in [1.82, 2.24) is 0 Å². The van der Waals surface area contributed by atoms with E-state index in [-0.39, 0.29) is 36.0 Å². The van der Waals surface area contributed by atoms with E-state index >= 15 is 0 Å². The van der Waals surface area contributed by atoms with Crippen LogP contribution in [0.25, 0.3) is 0 Å². The third kappa shape index (κ3) is 4.80. The summed E-state index contributed by atoms with van der Waals surface area (Å²) in [6.07, 6.45) is 12.5. The Morgan fingerprint density at radius 2 is 0.923 bits per heavy atom. The molecule has 3 aliphatic rings. The van der Waals surface area contributed by atoms with Crippen LogP contribution < -0.4 is 0 Å². The average Bonchev–Trinajstić information content (AvgIpc) is 2.65. The van der Waals surface area contributed by atoms with Gasteiger partial charge in [0.05, 0.1) is 11.8 Å². The summed E-state index contributed by atoms with van der Waals surface area (Å²) in [5.74, 6) is -0.0349. The molecule has 6 unspecified atom stereocenters. The van der Waals surface area contributed by atoms with Crippen LogP contribution in [-0.2, 0) is 19.1 Å². The van der Waals surface area contributed by atoms with E-state index in [9.17, 15) is 9.59 Å². The van der Waals surface area contributed by atoms with Crippen LogP contribution in [0.3, 0.4) is 0 Å². The highest BCUT2D eigenvalue weighted by Gasteiger charge is 2.40. The van der Waals surface area contributed by atoms with E-state index in [2.05, 4.69) is 13.8 Å². The Balaban J connectivity index is 1.59. The summed E-state index contributed by atoms with van der Waals surface area (Å²) in [5.41, 5.74) is 0. The number of rotatable bonds is 4. The van der Waals surface area contributed by atoms with Gasteiger partial charge in [-0.3, -0.25) is 9.59 Å². The maximum Gasteiger partial charge on any atom is 0.310 e. The summed E-state index contributed by atoms with van der Waals surface area (Å²) in [4.78, 5) is 25.7. The normalized spacial score (nSPS) is 38.4. The smallest absolute Gasteiger partial charge is 0.310 e. The van der Waals surface area contributed by atoms with E-state index in [0.29, 0.717) is 11.8 Å². The molecule has 0 bridgehead atoms. The van der Waals surface area contributed by atoms with Gasteiger partial charge in [0.25, 0.3) is 0 Å². The molecule has 0 aliphatic heterocycles. The molecule has 0 heterocycles. The summed E-state index contributed by atoms with van der Waals surface area (Å²) >= 11 is 0. The van der Waals surface area contributed by atoms with Crippen molar-refractivity contribution < 1.29 is 19.1 Å². The lowest BCUT2D eigenvalue weighted by Gasteiger charge is -2.35. The van der Waals surface area contributed by atoms with E-state index in [4.69, 9.17) is 9.47 Å². The number of carbonyl (C=O) groups is 2. The van der Waals surface area contributed by atoms with E-state index in [1.54, 1.807) is 0 Å². The zero-order valence-corrected chi connectivity index (χ0v) is 16.6. The van der Waals surface area contributed by atoms with E-state index in [1.807, 2.05) is 0 Å². The van der Waals surface area contributed by atoms with Crippen LogP contribution in [0.15, 0.2) is 0 Å². The summed E-state index contributed by atoms with van der Waals surface area (Å²) in [7, 11) is 0. The Labute approximate surface area is 158 Å². The Kier molecular flexibility index (Phi) is 6.99. The van der Waals surface area contributed by atoms with Gasteiger partial charge in [0.15, 0.2) is 0 Å². The van der Waals surface area contributed by atoms with Crippen molar-refractivity contribution in [2.45, 2.75) is 103 Å². The molecule has 26 heavy (non-hydrogen) atoms. The molecule has 0 N–H and O–H groups in total. The Bertz CT molecular complexity index is 445. The quantitative estimate of drug-likeness (QED) is 0.656. The molecule has 3 aliphatic carbocycles. The molecular formula is C22H36O4. The maximum atomic E-state index is 12.9. The summed E-state index contributed by atoms with van der Waals surface area (Å²) in [6, 6.07) is 0. The number of hydrogen-bond donors (Lipinski definition) is 0. The van der Waals surface area contributed by atoms with Gasteiger partial charge in [-0.2, -0.15) is 0 Å². The third-order valence-electron chi connectivity index (χ3n) is 6.97. The van der Waals surface area contributed by atoms with Gasteiger partial charge in [0, 0.05) is 0 Å². The first-order valence-corrected chi connectivity index (χ1v) is 11.0. The van der Waals surface area contributed by atoms with Crippen LogP contribution in [0.2, 0.25) is 0 Å². The molecule has 0 saturated heterocycles. The summed E-state index contributed by atoms with van der Waals surface area (Å²) in [6.45, 7) is 4.35. The predicted molar refractivity (Wildman–Crippen MR) is 100 cm³/mol. The molecule has 3 fully saturated rings. The second-order valence-corrected chi connectivity index (χ2v) is 8.97. The predicted octanol–water partition coefficient (Wildman–Crippen LogP) is 5.04. The molecule has 0 aromatic rings. The van der Waals surface area contributed by atoms with Crippen LogP contribution in [0.4, 0.5) is 0 Å². The van der Waals surface area contributed by atoms with Crippen molar-refractivity contribution in [3.05, 3.63) is 0 Å². The zero-order chi connectivity index (χ0) is 18.5. The first-order chi connectivity index (χ1) is 12.6. The molecule has 0 spiro atoms. The first-order valence-electron chi connectivity index (χ1n) is 11.0. The van der Waals surface area contributed by atoms with Crippen LogP contribution in [-0.4, -0.2) is 24.1 Å². The third-order valence-corrected chi connectivity index (χ3v) is 6.97. The SMILES string of the molecule is CC1CCCCC1OC(=O)C1CCCCC1C(=O)OC1CCCCC1C. The largest absolute Gasteiger partial charge is 0.462 e. The lowest BCUT2D eigenvalue weighted by Crippen LogP contribution is -2.40. The van der Waals surface area contributed by atoms with Crippen molar-refractivity contribution in [2.24, 2.45) is 23.7 Å². The fourth-order valence-corrected chi connectivity index (χ4v) is 5.08. The molecule has 0 aromatic carbocycles. The second kappa shape index (κ2) is 9.23. The van der Waals surface area contributed by atoms with Gasteiger partial charge in [-0.15, -0.1) is 0 Å². The van der Waals surface area contributed by atoms with Gasteiger partial charge in [-0.1, -0.05) is 39.5 Å². The number of ether oxygens (including phenoxy) is 2. The molecule has 148 valence electrons. The number of esters is 2. The van der Waals surface area contributed by atoms with Gasteiger partial charge >= 0.3 is 11.9 Å². The minimum absolute atomic E-state index is 0.0354. The van der Waals surface area contributed by atoms with Crippen molar-refractivity contribution >= 4 is 11.9 Å². The van der Waals surface area contributed by atoms with E-state index < -0.39 is 0 Å². The highest BCUT2D eigenvalue weighted by molar-refractivity contribution is 5.82. The van der Waals surface area contributed by atoms with Gasteiger partial charge < -0.3 is 9.47 Å².